The van der Waals surface area contributed by atoms with Crippen LogP contribution in [0.1, 0.15) is 17.2 Å². The predicted octanol–water partition coefficient (Wildman–Crippen LogP) is 1.93. The van der Waals surface area contributed by atoms with Gasteiger partial charge in [-0.3, -0.25) is 5.41 Å². The Morgan fingerprint density at radius 3 is 2.65 bits per heavy atom. The van der Waals surface area contributed by atoms with Crippen LogP contribution in [0.4, 0.5) is 0 Å². The third kappa shape index (κ3) is 2.21. The van der Waals surface area contributed by atoms with Gasteiger partial charge >= 0.3 is 0 Å². The quantitative estimate of drug-likeness (QED) is 0.656. The molecule has 0 fully saturated rings. The minimum atomic E-state index is 0.0139. The molecule has 2 aromatic rings. The number of halogens is 1. The summed E-state index contributed by atoms with van der Waals surface area (Å²) in [5, 5.41) is 11.9. The lowest BCUT2D eigenvalue weighted by molar-refractivity contribution is 0.828. The fraction of sp³-hybridized carbons (Fsp3) is 0.182. The first-order chi connectivity index (χ1) is 7.99. The average Bonchev–Trinajstić information content (AvgIpc) is 2.57. The summed E-state index contributed by atoms with van der Waals surface area (Å²) in [7, 11) is 0. The second-order valence-electron chi connectivity index (χ2n) is 3.69. The van der Waals surface area contributed by atoms with Crippen molar-refractivity contribution >= 4 is 21.8 Å². The number of hydrogen-bond donors (Lipinski definition) is 2. The molecule has 2 rings (SSSR count). The van der Waals surface area contributed by atoms with Crippen molar-refractivity contribution in [3.8, 4) is 5.69 Å². The zero-order chi connectivity index (χ0) is 12.6. The van der Waals surface area contributed by atoms with Gasteiger partial charge in [-0.15, -0.1) is 0 Å². The van der Waals surface area contributed by atoms with Crippen LogP contribution in [-0.4, -0.2) is 20.6 Å². The second kappa shape index (κ2) is 4.29. The summed E-state index contributed by atoms with van der Waals surface area (Å²) in [5.74, 6) is 1.47. The molecule has 1 aromatic heterocycles. The standard InChI is InChI=1S/C11H12BrN5/c1-6-15-7(2)17(16-6)10-5-8(12)3-4-9(10)11(13)14/h3-5H,1-2H3,(H3,13,14). The summed E-state index contributed by atoms with van der Waals surface area (Å²) < 4.78 is 2.60. The van der Waals surface area contributed by atoms with Gasteiger partial charge in [-0.25, -0.2) is 9.67 Å². The van der Waals surface area contributed by atoms with Gasteiger partial charge in [0.25, 0.3) is 0 Å². The lowest BCUT2D eigenvalue weighted by Crippen LogP contribution is -2.15. The number of hydrogen-bond acceptors (Lipinski definition) is 3. The second-order valence-corrected chi connectivity index (χ2v) is 4.61. The highest BCUT2D eigenvalue weighted by atomic mass is 79.9. The largest absolute Gasteiger partial charge is 0.384 e. The molecule has 0 spiro atoms. The summed E-state index contributed by atoms with van der Waals surface area (Å²) in [6, 6.07) is 5.51. The number of rotatable bonds is 2. The van der Waals surface area contributed by atoms with E-state index in [0.29, 0.717) is 11.4 Å². The fourth-order valence-corrected chi connectivity index (χ4v) is 2.01. The minimum Gasteiger partial charge on any atom is -0.384 e. The summed E-state index contributed by atoms with van der Waals surface area (Å²) in [6.45, 7) is 3.69. The van der Waals surface area contributed by atoms with Crippen LogP contribution in [0.2, 0.25) is 0 Å². The van der Waals surface area contributed by atoms with Gasteiger partial charge in [0.2, 0.25) is 0 Å². The van der Waals surface area contributed by atoms with Gasteiger partial charge in [0.15, 0.2) is 0 Å². The van der Waals surface area contributed by atoms with Crippen molar-refractivity contribution in [1.29, 1.82) is 5.41 Å². The molecule has 88 valence electrons. The molecule has 0 unspecified atom stereocenters. The molecule has 0 amide bonds. The van der Waals surface area contributed by atoms with E-state index in [2.05, 4.69) is 26.0 Å². The average molecular weight is 294 g/mol. The Morgan fingerprint density at radius 1 is 1.41 bits per heavy atom. The fourth-order valence-electron chi connectivity index (χ4n) is 1.66. The van der Waals surface area contributed by atoms with Gasteiger partial charge in [0.05, 0.1) is 5.69 Å². The van der Waals surface area contributed by atoms with Crippen LogP contribution in [0.15, 0.2) is 22.7 Å². The third-order valence-corrected chi connectivity index (χ3v) is 2.85. The molecule has 5 nitrogen and oxygen atoms in total. The summed E-state index contributed by atoms with van der Waals surface area (Å²) in [4.78, 5) is 4.24. The van der Waals surface area contributed by atoms with Crippen molar-refractivity contribution in [3.05, 3.63) is 39.9 Å². The van der Waals surface area contributed by atoms with Gasteiger partial charge in [-0.05, 0) is 32.0 Å². The van der Waals surface area contributed by atoms with E-state index >= 15 is 0 Å². The molecule has 0 aliphatic carbocycles. The molecule has 17 heavy (non-hydrogen) atoms. The third-order valence-electron chi connectivity index (χ3n) is 2.35. The van der Waals surface area contributed by atoms with E-state index in [9.17, 15) is 0 Å². The highest BCUT2D eigenvalue weighted by molar-refractivity contribution is 9.10. The highest BCUT2D eigenvalue weighted by Gasteiger charge is 2.12. The van der Waals surface area contributed by atoms with Crippen LogP contribution >= 0.6 is 15.9 Å². The van der Waals surface area contributed by atoms with Crippen molar-refractivity contribution < 1.29 is 0 Å². The monoisotopic (exact) mass is 293 g/mol. The Hall–Kier alpha value is -1.69. The predicted molar refractivity (Wildman–Crippen MR) is 69.5 cm³/mol. The van der Waals surface area contributed by atoms with Gasteiger partial charge in [-0.2, -0.15) is 5.10 Å². The van der Waals surface area contributed by atoms with E-state index in [1.165, 1.54) is 0 Å². The summed E-state index contributed by atoms with van der Waals surface area (Å²) in [5.41, 5.74) is 6.96. The van der Waals surface area contributed by atoms with Crippen LogP contribution in [0.3, 0.4) is 0 Å². The van der Waals surface area contributed by atoms with Crippen molar-refractivity contribution in [2.75, 3.05) is 0 Å². The molecule has 0 aliphatic rings. The summed E-state index contributed by atoms with van der Waals surface area (Å²) in [6.07, 6.45) is 0. The number of nitrogens with one attached hydrogen (secondary N) is 1. The van der Waals surface area contributed by atoms with Gasteiger partial charge < -0.3 is 5.73 Å². The lowest BCUT2D eigenvalue weighted by atomic mass is 10.1. The Bertz CT molecular complexity index is 588. The van der Waals surface area contributed by atoms with Crippen molar-refractivity contribution in [2.24, 2.45) is 5.73 Å². The number of amidine groups is 1. The smallest absolute Gasteiger partial charge is 0.148 e. The number of benzene rings is 1. The van der Waals surface area contributed by atoms with E-state index < -0.39 is 0 Å². The normalized spacial score (nSPS) is 10.5. The number of nitrogen functional groups attached to an aromatic ring is 1. The Labute approximate surface area is 107 Å². The van der Waals surface area contributed by atoms with Gasteiger partial charge in [0.1, 0.15) is 17.5 Å². The SMILES string of the molecule is Cc1nc(C)n(-c2cc(Br)ccc2C(=N)N)n1. The zero-order valence-electron chi connectivity index (χ0n) is 9.53. The van der Waals surface area contributed by atoms with E-state index in [1.54, 1.807) is 10.7 Å². The Kier molecular flexibility index (Phi) is 2.97. The van der Waals surface area contributed by atoms with E-state index in [4.69, 9.17) is 11.1 Å². The first-order valence-corrected chi connectivity index (χ1v) is 5.83. The molecule has 0 aliphatic heterocycles. The number of nitrogens with two attached hydrogens (primary N) is 1. The molecule has 1 aromatic carbocycles. The molecule has 0 saturated carbocycles. The van der Waals surface area contributed by atoms with Crippen molar-refractivity contribution in [1.82, 2.24) is 14.8 Å². The molecule has 0 radical (unpaired) electrons. The summed E-state index contributed by atoms with van der Waals surface area (Å²) >= 11 is 3.40. The topological polar surface area (TPSA) is 80.6 Å². The molecular weight excluding hydrogens is 282 g/mol. The maximum Gasteiger partial charge on any atom is 0.148 e. The highest BCUT2D eigenvalue weighted by Crippen LogP contribution is 2.20. The van der Waals surface area contributed by atoms with E-state index in [-0.39, 0.29) is 5.84 Å². The molecular formula is C11H12BrN5. The van der Waals surface area contributed by atoms with Gasteiger partial charge in [-0.1, -0.05) is 15.9 Å². The van der Waals surface area contributed by atoms with E-state index in [0.717, 1.165) is 16.0 Å². The molecule has 0 bridgehead atoms. The van der Waals surface area contributed by atoms with Crippen molar-refractivity contribution in [2.45, 2.75) is 13.8 Å². The first-order valence-electron chi connectivity index (χ1n) is 5.03. The van der Waals surface area contributed by atoms with Crippen LogP contribution in [0.25, 0.3) is 5.69 Å². The van der Waals surface area contributed by atoms with Crippen LogP contribution < -0.4 is 5.73 Å². The number of aryl methyl sites for hydroxylation is 2. The van der Waals surface area contributed by atoms with Crippen LogP contribution in [0.5, 0.6) is 0 Å². The first kappa shape index (κ1) is 11.8. The molecule has 0 atom stereocenters. The van der Waals surface area contributed by atoms with Crippen molar-refractivity contribution in [3.63, 3.8) is 0 Å². The Balaban J connectivity index is 2.69. The molecule has 3 N–H and O–H groups in total. The Morgan fingerprint density at radius 2 is 2.12 bits per heavy atom. The van der Waals surface area contributed by atoms with Crippen LogP contribution in [0, 0.1) is 19.3 Å². The lowest BCUT2D eigenvalue weighted by Gasteiger charge is -2.09. The molecule has 1 heterocycles. The molecule has 6 heteroatoms. The maximum atomic E-state index is 7.57. The number of nitrogens with zero attached hydrogens (tertiary/aromatic N) is 3. The molecule has 0 saturated heterocycles. The van der Waals surface area contributed by atoms with Gasteiger partial charge in [0, 0.05) is 10.0 Å². The number of aromatic nitrogens is 3. The zero-order valence-corrected chi connectivity index (χ0v) is 11.1. The maximum absolute atomic E-state index is 7.57. The van der Waals surface area contributed by atoms with E-state index in [1.807, 2.05) is 26.0 Å². The minimum absolute atomic E-state index is 0.0139. The van der Waals surface area contributed by atoms with Crippen LogP contribution in [-0.2, 0) is 0 Å².